The largest absolute Gasteiger partial charge is 0.320 e. The van der Waals surface area contributed by atoms with Gasteiger partial charge in [-0.05, 0) is 27.9 Å². The molecule has 2 rings (SSSR count). The number of benzene rings is 1. The average molecular weight is 399 g/mol. The Morgan fingerprint density at radius 2 is 1.83 bits per heavy atom. The lowest BCUT2D eigenvalue weighted by molar-refractivity contribution is -0.120. The minimum Gasteiger partial charge on any atom is -0.320 e. The molecule has 0 bridgehead atoms. The lowest BCUT2D eigenvalue weighted by Gasteiger charge is -2.11. The van der Waals surface area contributed by atoms with Crippen LogP contribution in [0.5, 0.6) is 0 Å². The van der Waals surface area contributed by atoms with Gasteiger partial charge in [-0.1, -0.05) is 24.3 Å². The van der Waals surface area contributed by atoms with E-state index in [2.05, 4.69) is 25.9 Å². The first kappa shape index (κ1) is 17.5. The molecule has 1 unspecified atom stereocenters. The molecule has 0 aliphatic rings. The van der Waals surface area contributed by atoms with Gasteiger partial charge in [0, 0.05) is 18.0 Å². The first-order valence-corrected chi connectivity index (χ1v) is 9.27. The van der Waals surface area contributed by atoms with Crippen molar-refractivity contribution >= 4 is 31.9 Å². The molecule has 3 N–H and O–H groups in total. The highest BCUT2D eigenvalue weighted by Crippen LogP contribution is 2.17. The topological polar surface area (TPSA) is 115 Å². The number of carbonyl (C=O) groups is 1. The van der Waals surface area contributed by atoms with E-state index in [1.165, 1.54) is 0 Å². The maximum atomic E-state index is 11.6. The Labute approximate surface area is 142 Å². The maximum absolute atomic E-state index is 11.6. The predicted octanol–water partition coefficient (Wildman–Crippen LogP) is 0.852. The number of amides is 1. The van der Waals surface area contributed by atoms with Crippen LogP contribution in [0.1, 0.15) is 5.56 Å². The Kier molecular flexibility index (Phi) is 5.45. The fourth-order valence-corrected chi connectivity index (χ4v) is 2.58. The molecule has 23 heavy (non-hydrogen) atoms. The second-order valence-corrected chi connectivity index (χ2v) is 7.64. The SMILES string of the molecule is CS(=O)(=O)NC(=O)C(N)Cc1ccc(-c2ncc(Br)cn2)cc1. The highest BCUT2D eigenvalue weighted by Gasteiger charge is 2.17. The normalized spacial score (nSPS) is 12.7. The molecule has 1 atom stereocenters. The van der Waals surface area contributed by atoms with Crippen LogP contribution in [0.3, 0.4) is 0 Å². The summed E-state index contributed by atoms with van der Waals surface area (Å²) in [5.41, 5.74) is 7.35. The fraction of sp³-hybridized carbons (Fsp3) is 0.214. The van der Waals surface area contributed by atoms with Gasteiger partial charge in [-0.25, -0.2) is 18.4 Å². The molecule has 0 radical (unpaired) electrons. The molecule has 1 aromatic carbocycles. The van der Waals surface area contributed by atoms with Gasteiger partial charge in [0.05, 0.1) is 16.8 Å². The second-order valence-electron chi connectivity index (χ2n) is 4.97. The summed E-state index contributed by atoms with van der Waals surface area (Å²) in [5.74, 6) is -0.147. The van der Waals surface area contributed by atoms with E-state index in [1.54, 1.807) is 24.5 Å². The summed E-state index contributed by atoms with van der Waals surface area (Å²) in [7, 11) is -3.61. The van der Waals surface area contributed by atoms with Gasteiger partial charge in [0.25, 0.3) is 5.91 Å². The number of rotatable bonds is 5. The molecule has 1 aromatic heterocycles. The zero-order valence-electron chi connectivity index (χ0n) is 12.2. The summed E-state index contributed by atoms with van der Waals surface area (Å²) in [5, 5.41) is 0. The van der Waals surface area contributed by atoms with Gasteiger partial charge in [-0.15, -0.1) is 0 Å². The minimum absolute atomic E-state index is 0.225. The van der Waals surface area contributed by atoms with E-state index in [4.69, 9.17) is 5.73 Å². The van der Waals surface area contributed by atoms with E-state index in [1.807, 2.05) is 16.9 Å². The van der Waals surface area contributed by atoms with E-state index in [0.717, 1.165) is 21.9 Å². The summed E-state index contributed by atoms with van der Waals surface area (Å²) >= 11 is 3.27. The third kappa shape index (κ3) is 5.38. The molecule has 0 spiro atoms. The first-order valence-electron chi connectivity index (χ1n) is 6.58. The number of aromatic nitrogens is 2. The van der Waals surface area contributed by atoms with Crippen molar-refractivity contribution in [2.24, 2.45) is 5.73 Å². The van der Waals surface area contributed by atoms with Crippen molar-refractivity contribution in [3.05, 3.63) is 46.7 Å². The Morgan fingerprint density at radius 3 is 2.35 bits per heavy atom. The van der Waals surface area contributed by atoms with Crippen molar-refractivity contribution in [2.75, 3.05) is 6.26 Å². The summed E-state index contributed by atoms with van der Waals surface area (Å²) < 4.78 is 24.7. The van der Waals surface area contributed by atoms with Crippen LogP contribution in [0, 0.1) is 0 Å². The van der Waals surface area contributed by atoms with E-state index in [9.17, 15) is 13.2 Å². The molecule has 122 valence electrons. The van der Waals surface area contributed by atoms with Gasteiger partial charge in [0.15, 0.2) is 5.82 Å². The van der Waals surface area contributed by atoms with E-state index in [-0.39, 0.29) is 6.42 Å². The molecule has 1 amide bonds. The van der Waals surface area contributed by atoms with Crippen LogP contribution in [-0.4, -0.2) is 36.6 Å². The zero-order chi connectivity index (χ0) is 17.0. The van der Waals surface area contributed by atoms with Crippen molar-refractivity contribution < 1.29 is 13.2 Å². The number of nitrogens with one attached hydrogen (secondary N) is 1. The van der Waals surface area contributed by atoms with Crippen LogP contribution in [0.25, 0.3) is 11.4 Å². The van der Waals surface area contributed by atoms with Gasteiger partial charge in [-0.2, -0.15) is 0 Å². The highest BCUT2D eigenvalue weighted by molar-refractivity contribution is 9.10. The molecule has 7 nitrogen and oxygen atoms in total. The summed E-state index contributed by atoms with van der Waals surface area (Å²) in [6.45, 7) is 0. The lowest BCUT2D eigenvalue weighted by atomic mass is 10.0. The van der Waals surface area contributed by atoms with Gasteiger partial charge < -0.3 is 5.73 Å². The van der Waals surface area contributed by atoms with Crippen LogP contribution in [0.2, 0.25) is 0 Å². The molecular formula is C14H15BrN4O3S. The monoisotopic (exact) mass is 398 g/mol. The Morgan fingerprint density at radius 1 is 1.26 bits per heavy atom. The molecule has 0 fully saturated rings. The number of sulfonamides is 1. The standard InChI is InChI=1S/C14H15BrN4O3S/c1-23(21,22)19-14(20)12(16)6-9-2-4-10(5-3-9)13-17-7-11(15)8-18-13/h2-5,7-8,12H,6,16H2,1H3,(H,19,20). The van der Waals surface area contributed by atoms with E-state index in [0.29, 0.717) is 5.82 Å². The van der Waals surface area contributed by atoms with E-state index < -0.39 is 22.0 Å². The molecule has 0 aliphatic heterocycles. The van der Waals surface area contributed by atoms with Gasteiger partial charge in [0.2, 0.25) is 10.0 Å². The minimum atomic E-state index is -3.61. The van der Waals surface area contributed by atoms with Crippen LogP contribution < -0.4 is 10.5 Å². The molecule has 0 saturated heterocycles. The molecule has 0 saturated carbocycles. The Balaban J connectivity index is 2.05. The Hall–Kier alpha value is -1.84. The fourth-order valence-electron chi connectivity index (χ4n) is 1.86. The molecule has 9 heteroatoms. The third-order valence-corrected chi connectivity index (χ3v) is 3.89. The average Bonchev–Trinajstić information content (AvgIpc) is 2.47. The number of nitrogens with zero attached hydrogens (tertiary/aromatic N) is 2. The number of nitrogens with two attached hydrogens (primary N) is 1. The molecule has 1 heterocycles. The number of halogens is 1. The summed E-state index contributed by atoms with van der Waals surface area (Å²) in [6.07, 6.45) is 4.44. The van der Waals surface area contributed by atoms with Gasteiger partial charge >= 0.3 is 0 Å². The summed E-state index contributed by atoms with van der Waals surface area (Å²) in [6, 6.07) is 6.29. The number of hydrogen-bond acceptors (Lipinski definition) is 6. The molecular weight excluding hydrogens is 384 g/mol. The van der Waals surface area contributed by atoms with Crippen LogP contribution in [-0.2, 0) is 21.2 Å². The second kappa shape index (κ2) is 7.16. The smallest absolute Gasteiger partial charge is 0.250 e. The van der Waals surface area contributed by atoms with Crippen LogP contribution in [0.4, 0.5) is 0 Å². The lowest BCUT2D eigenvalue weighted by Crippen LogP contribution is -2.44. The number of hydrogen-bond donors (Lipinski definition) is 2. The maximum Gasteiger partial charge on any atom is 0.250 e. The van der Waals surface area contributed by atoms with E-state index >= 15 is 0 Å². The Bertz CT molecular complexity index is 792. The van der Waals surface area contributed by atoms with Crippen molar-refractivity contribution in [3.8, 4) is 11.4 Å². The third-order valence-electron chi connectivity index (χ3n) is 2.91. The van der Waals surface area contributed by atoms with Crippen LogP contribution in [0.15, 0.2) is 41.1 Å². The first-order chi connectivity index (χ1) is 10.7. The summed E-state index contributed by atoms with van der Waals surface area (Å²) in [4.78, 5) is 20.0. The highest BCUT2D eigenvalue weighted by atomic mass is 79.9. The number of carbonyl (C=O) groups excluding carboxylic acids is 1. The van der Waals surface area contributed by atoms with Crippen molar-refractivity contribution in [1.82, 2.24) is 14.7 Å². The van der Waals surface area contributed by atoms with Crippen molar-refractivity contribution in [3.63, 3.8) is 0 Å². The molecule has 0 aliphatic carbocycles. The van der Waals surface area contributed by atoms with Crippen molar-refractivity contribution in [2.45, 2.75) is 12.5 Å². The quantitative estimate of drug-likeness (QED) is 0.771. The molecule has 2 aromatic rings. The predicted molar refractivity (Wildman–Crippen MR) is 89.8 cm³/mol. The zero-order valence-corrected chi connectivity index (χ0v) is 14.6. The van der Waals surface area contributed by atoms with Crippen molar-refractivity contribution in [1.29, 1.82) is 0 Å². The van der Waals surface area contributed by atoms with Gasteiger partial charge in [-0.3, -0.25) is 9.52 Å². The van der Waals surface area contributed by atoms with Gasteiger partial charge in [0.1, 0.15) is 0 Å². The van der Waals surface area contributed by atoms with Crippen LogP contribution >= 0.6 is 15.9 Å².